The van der Waals surface area contributed by atoms with Crippen molar-refractivity contribution < 1.29 is 14.3 Å². The number of rotatable bonds is 3. The number of carbonyl (C=O) groups is 1. The van der Waals surface area contributed by atoms with Crippen LogP contribution in [0.25, 0.3) is 16.8 Å². The number of anilines is 1. The number of benzene rings is 2. The van der Waals surface area contributed by atoms with Crippen LogP contribution >= 0.6 is 0 Å². The van der Waals surface area contributed by atoms with Crippen molar-refractivity contribution in [3.63, 3.8) is 0 Å². The van der Waals surface area contributed by atoms with E-state index in [1.54, 1.807) is 41.9 Å². The number of aromatic nitrogens is 4. The second-order valence-corrected chi connectivity index (χ2v) is 6.86. The Morgan fingerprint density at radius 2 is 1.77 bits per heavy atom. The first-order valence-electron chi connectivity index (χ1n) is 9.30. The molecule has 0 saturated carbocycles. The Labute approximate surface area is 168 Å². The van der Waals surface area contributed by atoms with Crippen LogP contribution in [0.1, 0.15) is 0 Å². The van der Waals surface area contributed by atoms with Crippen LogP contribution in [-0.2, 0) is 18.4 Å². The van der Waals surface area contributed by atoms with Gasteiger partial charge in [-0.25, -0.2) is 9.08 Å². The Kier molecular flexibility index (Phi) is 4.05. The van der Waals surface area contributed by atoms with Gasteiger partial charge in [0.15, 0.2) is 11.5 Å². The van der Waals surface area contributed by atoms with E-state index in [0.29, 0.717) is 35.9 Å². The summed E-state index contributed by atoms with van der Waals surface area (Å²) < 4.78 is 14.8. The molecular formula is C20H17N5O5. The molecule has 0 aliphatic carbocycles. The average Bonchev–Trinajstić information content (AvgIpc) is 3.04. The van der Waals surface area contributed by atoms with Gasteiger partial charge in [0, 0.05) is 18.8 Å². The van der Waals surface area contributed by atoms with Crippen molar-refractivity contribution in [2.75, 3.05) is 18.5 Å². The average molecular weight is 407 g/mol. The largest absolute Gasteiger partial charge is 0.486 e. The van der Waals surface area contributed by atoms with Gasteiger partial charge in [-0.2, -0.15) is 0 Å². The lowest BCUT2D eigenvalue weighted by atomic mass is 10.2. The predicted octanol–water partition coefficient (Wildman–Crippen LogP) is 0.758. The predicted molar refractivity (Wildman–Crippen MR) is 108 cm³/mol. The first kappa shape index (κ1) is 18.0. The maximum atomic E-state index is 12.7. The van der Waals surface area contributed by atoms with Crippen LogP contribution in [0.5, 0.6) is 11.5 Å². The van der Waals surface area contributed by atoms with Crippen molar-refractivity contribution in [3.05, 3.63) is 63.2 Å². The van der Waals surface area contributed by atoms with Gasteiger partial charge in [-0.15, -0.1) is 5.10 Å². The smallest absolute Gasteiger partial charge is 0.333 e. The molecule has 0 atom stereocenters. The van der Waals surface area contributed by atoms with Crippen LogP contribution in [0, 0.1) is 0 Å². The van der Waals surface area contributed by atoms with Crippen molar-refractivity contribution >= 4 is 28.4 Å². The molecule has 1 aliphatic rings. The quantitative estimate of drug-likeness (QED) is 0.502. The van der Waals surface area contributed by atoms with Crippen molar-refractivity contribution in [2.45, 2.75) is 6.54 Å². The third-order valence-electron chi connectivity index (χ3n) is 4.93. The van der Waals surface area contributed by atoms with Crippen molar-refractivity contribution in [1.82, 2.24) is 18.7 Å². The molecule has 2 aromatic carbocycles. The van der Waals surface area contributed by atoms with E-state index in [1.807, 2.05) is 12.1 Å². The number of nitrogens with zero attached hydrogens (tertiary/aromatic N) is 4. The standard InChI is InChI=1S/C20H17N5O5/c1-23-13-4-2-3-5-14(13)25-19(28)18(27)24(22-20(23)25)11-17(26)21-12-6-7-15-16(10-12)30-9-8-29-15/h2-7,10H,8-9,11H2,1H3,(H,21,26). The van der Waals surface area contributed by atoms with Gasteiger partial charge in [-0.3, -0.25) is 14.4 Å². The molecule has 0 saturated heterocycles. The number of nitrogens with one attached hydrogen (secondary N) is 1. The Hall–Kier alpha value is -4.08. The molecule has 1 amide bonds. The fourth-order valence-electron chi connectivity index (χ4n) is 3.54. The molecule has 5 rings (SSSR count). The maximum absolute atomic E-state index is 12.7. The summed E-state index contributed by atoms with van der Waals surface area (Å²) in [6.07, 6.45) is 0. The minimum Gasteiger partial charge on any atom is -0.486 e. The fraction of sp³-hybridized carbons (Fsp3) is 0.200. The number of ether oxygens (including phenoxy) is 2. The summed E-state index contributed by atoms with van der Waals surface area (Å²) in [5, 5.41) is 6.94. The first-order valence-corrected chi connectivity index (χ1v) is 9.30. The Morgan fingerprint density at radius 1 is 1.03 bits per heavy atom. The van der Waals surface area contributed by atoms with Crippen LogP contribution in [0.4, 0.5) is 5.69 Å². The maximum Gasteiger partial charge on any atom is 0.333 e. The number of carbonyl (C=O) groups excluding carboxylic acids is 1. The third kappa shape index (κ3) is 2.81. The third-order valence-corrected chi connectivity index (χ3v) is 4.93. The monoisotopic (exact) mass is 407 g/mol. The molecule has 0 unspecified atom stereocenters. The van der Waals surface area contributed by atoms with Gasteiger partial charge in [-0.1, -0.05) is 12.1 Å². The molecule has 10 heteroatoms. The van der Waals surface area contributed by atoms with Gasteiger partial charge in [0.05, 0.1) is 11.0 Å². The summed E-state index contributed by atoms with van der Waals surface area (Å²) in [6, 6.07) is 12.2. The zero-order chi connectivity index (χ0) is 20.8. The molecule has 0 fully saturated rings. The lowest BCUT2D eigenvalue weighted by Crippen LogP contribution is -2.42. The lowest BCUT2D eigenvalue weighted by Gasteiger charge is -2.19. The second-order valence-electron chi connectivity index (χ2n) is 6.86. The van der Waals surface area contributed by atoms with E-state index >= 15 is 0 Å². The number of para-hydroxylation sites is 2. The van der Waals surface area contributed by atoms with Crippen LogP contribution in [0.3, 0.4) is 0 Å². The zero-order valence-corrected chi connectivity index (χ0v) is 16.0. The van der Waals surface area contributed by atoms with Gasteiger partial charge < -0.3 is 19.4 Å². The molecule has 1 N–H and O–H groups in total. The highest BCUT2D eigenvalue weighted by atomic mass is 16.6. The first-order chi connectivity index (χ1) is 14.5. The van der Waals surface area contributed by atoms with Gasteiger partial charge >= 0.3 is 11.1 Å². The molecule has 10 nitrogen and oxygen atoms in total. The van der Waals surface area contributed by atoms with E-state index in [9.17, 15) is 14.4 Å². The molecule has 0 bridgehead atoms. The number of hydrogen-bond acceptors (Lipinski definition) is 6. The molecule has 30 heavy (non-hydrogen) atoms. The van der Waals surface area contributed by atoms with Gasteiger partial charge in [0.2, 0.25) is 11.7 Å². The van der Waals surface area contributed by atoms with Crippen LogP contribution in [-0.4, -0.2) is 37.9 Å². The summed E-state index contributed by atoms with van der Waals surface area (Å²) in [7, 11) is 1.74. The SMILES string of the molecule is Cn1c2ccccc2n2c(=O)c(=O)n(CC(=O)Nc3ccc4c(c3)OCCO4)nc12. The number of imidazole rings is 1. The highest BCUT2D eigenvalue weighted by Crippen LogP contribution is 2.32. The zero-order valence-electron chi connectivity index (χ0n) is 16.0. The molecule has 0 radical (unpaired) electrons. The summed E-state index contributed by atoms with van der Waals surface area (Å²) in [5.41, 5.74) is 0.183. The summed E-state index contributed by atoms with van der Waals surface area (Å²) in [5.74, 6) is 0.910. The van der Waals surface area contributed by atoms with E-state index in [0.717, 1.165) is 10.2 Å². The number of amides is 1. The van der Waals surface area contributed by atoms with E-state index < -0.39 is 23.6 Å². The molecule has 2 aromatic heterocycles. The van der Waals surface area contributed by atoms with E-state index in [4.69, 9.17) is 9.47 Å². The summed E-state index contributed by atoms with van der Waals surface area (Å²) in [6.45, 7) is 0.499. The number of aryl methyl sites for hydroxylation is 1. The highest BCUT2D eigenvalue weighted by molar-refractivity contribution is 5.91. The summed E-state index contributed by atoms with van der Waals surface area (Å²) >= 11 is 0. The van der Waals surface area contributed by atoms with Crippen LogP contribution < -0.4 is 25.9 Å². The van der Waals surface area contributed by atoms with Gasteiger partial charge in [0.25, 0.3) is 0 Å². The molecule has 4 aromatic rings. The second kappa shape index (κ2) is 6.76. The van der Waals surface area contributed by atoms with Crippen molar-refractivity contribution in [3.8, 4) is 11.5 Å². The molecule has 0 spiro atoms. The summed E-state index contributed by atoms with van der Waals surface area (Å²) in [4.78, 5) is 37.8. The molecule has 1 aliphatic heterocycles. The number of fused-ring (bicyclic) bond motifs is 4. The van der Waals surface area contributed by atoms with E-state index in [2.05, 4.69) is 10.4 Å². The van der Waals surface area contributed by atoms with Gasteiger partial charge in [-0.05, 0) is 24.3 Å². The Balaban J connectivity index is 1.48. The highest BCUT2D eigenvalue weighted by Gasteiger charge is 2.18. The van der Waals surface area contributed by atoms with Crippen LogP contribution in [0.15, 0.2) is 52.1 Å². The minimum absolute atomic E-state index is 0.271. The molecule has 3 heterocycles. The van der Waals surface area contributed by atoms with Crippen molar-refractivity contribution in [2.24, 2.45) is 7.05 Å². The Morgan fingerprint density at radius 3 is 2.57 bits per heavy atom. The van der Waals surface area contributed by atoms with E-state index in [-0.39, 0.29) is 5.78 Å². The minimum atomic E-state index is -0.874. The van der Waals surface area contributed by atoms with Gasteiger partial charge in [0.1, 0.15) is 19.8 Å². The molecule has 152 valence electrons. The Bertz CT molecular complexity index is 1430. The topological polar surface area (TPSA) is 109 Å². The van der Waals surface area contributed by atoms with Crippen molar-refractivity contribution in [1.29, 1.82) is 0 Å². The van der Waals surface area contributed by atoms with E-state index in [1.165, 1.54) is 4.40 Å². The molecular weight excluding hydrogens is 390 g/mol. The normalized spacial score (nSPS) is 13.0. The van der Waals surface area contributed by atoms with Crippen LogP contribution in [0.2, 0.25) is 0 Å². The number of hydrogen-bond donors (Lipinski definition) is 1. The lowest BCUT2D eigenvalue weighted by molar-refractivity contribution is -0.117. The fourth-order valence-corrected chi connectivity index (χ4v) is 3.54.